The zero-order chi connectivity index (χ0) is 15.0. The van der Waals surface area contributed by atoms with Gasteiger partial charge >= 0.3 is 5.97 Å². The first-order valence-corrected chi connectivity index (χ1v) is 6.19. The number of pyridine rings is 1. The van der Waals surface area contributed by atoms with E-state index >= 15 is 0 Å². The Hall–Kier alpha value is -1.99. The highest BCUT2D eigenvalue weighted by Crippen LogP contribution is 2.01. The van der Waals surface area contributed by atoms with E-state index in [1.165, 1.54) is 18.3 Å². The van der Waals surface area contributed by atoms with Crippen molar-refractivity contribution >= 4 is 11.9 Å². The van der Waals surface area contributed by atoms with E-state index in [2.05, 4.69) is 10.3 Å². The van der Waals surface area contributed by atoms with Gasteiger partial charge in [0.1, 0.15) is 5.69 Å². The Kier molecular flexibility index (Phi) is 6.61. The summed E-state index contributed by atoms with van der Waals surface area (Å²) in [5.74, 6) is -1.46. The molecule has 110 valence electrons. The van der Waals surface area contributed by atoms with Gasteiger partial charge in [0.15, 0.2) is 0 Å². The number of hydrogen-bond acceptors (Lipinski definition) is 5. The van der Waals surface area contributed by atoms with Crippen LogP contribution in [0.3, 0.4) is 0 Å². The third kappa shape index (κ3) is 5.33. The summed E-state index contributed by atoms with van der Waals surface area (Å²) in [4.78, 5) is 28.3. The number of ether oxygens (including phenoxy) is 1. The Balaban J connectivity index is 2.43. The number of carbonyl (C=O) groups is 2. The van der Waals surface area contributed by atoms with Gasteiger partial charge in [0.25, 0.3) is 5.91 Å². The average Bonchev–Trinajstić information content (AvgIpc) is 2.45. The van der Waals surface area contributed by atoms with Crippen molar-refractivity contribution in [3.05, 3.63) is 29.6 Å². The molecule has 7 nitrogen and oxygen atoms in total. The maximum atomic E-state index is 11.8. The van der Waals surface area contributed by atoms with Gasteiger partial charge in [-0.15, -0.1) is 0 Å². The van der Waals surface area contributed by atoms with Crippen molar-refractivity contribution in [2.75, 3.05) is 40.4 Å². The van der Waals surface area contributed by atoms with Gasteiger partial charge in [-0.1, -0.05) is 0 Å². The summed E-state index contributed by atoms with van der Waals surface area (Å²) in [6.45, 7) is 2.58. The standard InChI is InChI=1S/C13H19N3O4/c1-16(7-8-20-2)6-5-15-12(17)10-3-4-14-11(9-10)13(18)19/h3-4,9H,5-8H2,1-2H3,(H,15,17)(H,18,19). The van der Waals surface area contributed by atoms with Crippen molar-refractivity contribution < 1.29 is 19.4 Å². The second kappa shape index (κ2) is 8.23. The quantitative estimate of drug-likeness (QED) is 0.701. The second-order valence-electron chi connectivity index (χ2n) is 4.29. The average molecular weight is 281 g/mol. The van der Waals surface area contributed by atoms with Crippen LogP contribution in [0.4, 0.5) is 0 Å². The molecule has 1 rings (SSSR count). The van der Waals surface area contributed by atoms with E-state index < -0.39 is 5.97 Å². The van der Waals surface area contributed by atoms with Crippen molar-refractivity contribution in [3.63, 3.8) is 0 Å². The summed E-state index contributed by atoms with van der Waals surface area (Å²) >= 11 is 0. The second-order valence-corrected chi connectivity index (χ2v) is 4.29. The molecule has 0 aromatic carbocycles. The number of carboxylic acid groups (broad SMARTS) is 1. The Labute approximate surface area is 117 Å². The highest BCUT2D eigenvalue weighted by atomic mass is 16.5. The summed E-state index contributed by atoms with van der Waals surface area (Å²) in [6, 6.07) is 2.74. The van der Waals surface area contributed by atoms with Gasteiger partial charge in [-0.2, -0.15) is 0 Å². The number of nitrogens with zero attached hydrogens (tertiary/aromatic N) is 2. The molecule has 0 bridgehead atoms. The molecule has 1 aromatic rings. The van der Waals surface area contributed by atoms with Crippen molar-refractivity contribution in [1.82, 2.24) is 15.2 Å². The molecule has 0 saturated carbocycles. The molecule has 1 aromatic heterocycles. The number of aromatic nitrogens is 1. The number of methoxy groups -OCH3 is 1. The van der Waals surface area contributed by atoms with E-state index in [-0.39, 0.29) is 17.2 Å². The number of carbonyl (C=O) groups excluding carboxylic acids is 1. The van der Waals surface area contributed by atoms with E-state index in [0.29, 0.717) is 19.7 Å². The van der Waals surface area contributed by atoms with Gasteiger partial charge in [0.05, 0.1) is 6.61 Å². The molecule has 7 heteroatoms. The number of rotatable bonds is 8. The topological polar surface area (TPSA) is 91.8 Å². The van der Waals surface area contributed by atoms with E-state index in [0.717, 1.165) is 6.54 Å². The molecule has 0 atom stereocenters. The molecular weight excluding hydrogens is 262 g/mol. The predicted molar refractivity (Wildman–Crippen MR) is 72.9 cm³/mol. The molecule has 0 radical (unpaired) electrons. The number of likely N-dealkylation sites (N-methyl/N-ethyl adjacent to an activating group) is 1. The fourth-order valence-electron chi connectivity index (χ4n) is 1.51. The van der Waals surface area contributed by atoms with Crippen LogP contribution in [0.15, 0.2) is 18.3 Å². The van der Waals surface area contributed by atoms with Crippen molar-refractivity contribution in [1.29, 1.82) is 0 Å². The summed E-state index contributed by atoms with van der Waals surface area (Å²) in [5, 5.41) is 11.5. The van der Waals surface area contributed by atoms with Crippen LogP contribution in [0.5, 0.6) is 0 Å². The normalized spacial score (nSPS) is 10.6. The van der Waals surface area contributed by atoms with Gasteiger partial charge < -0.3 is 20.1 Å². The zero-order valence-corrected chi connectivity index (χ0v) is 11.6. The molecule has 1 heterocycles. The number of hydrogen-bond donors (Lipinski definition) is 2. The first-order valence-electron chi connectivity index (χ1n) is 6.19. The molecule has 20 heavy (non-hydrogen) atoms. The molecule has 0 unspecified atom stereocenters. The van der Waals surface area contributed by atoms with Gasteiger partial charge in [0, 0.05) is 38.5 Å². The molecule has 0 aliphatic rings. The van der Waals surface area contributed by atoms with E-state index in [1.54, 1.807) is 7.11 Å². The van der Waals surface area contributed by atoms with Crippen LogP contribution in [0.25, 0.3) is 0 Å². The summed E-state index contributed by atoms with van der Waals surface area (Å²) in [5.41, 5.74) is 0.145. The number of carboxylic acids is 1. The SMILES string of the molecule is COCCN(C)CCNC(=O)c1ccnc(C(=O)O)c1. The third-order valence-corrected chi connectivity index (χ3v) is 2.70. The minimum Gasteiger partial charge on any atom is -0.477 e. The maximum Gasteiger partial charge on any atom is 0.354 e. The van der Waals surface area contributed by atoms with E-state index in [9.17, 15) is 9.59 Å². The van der Waals surface area contributed by atoms with Crippen LogP contribution in [0.2, 0.25) is 0 Å². The molecule has 0 aliphatic heterocycles. The summed E-state index contributed by atoms with van der Waals surface area (Å²) < 4.78 is 4.95. The minimum absolute atomic E-state index is 0.144. The maximum absolute atomic E-state index is 11.8. The lowest BCUT2D eigenvalue weighted by Gasteiger charge is -2.16. The largest absolute Gasteiger partial charge is 0.477 e. The number of nitrogens with one attached hydrogen (secondary N) is 1. The monoisotopic (exact) mass is 281 g/mol. The Morgan fingerprint density at radius 2 is 2.20 bits per heavy atom. The van der Waals surface area contributed by atoms with Crippen LogP contribution >= 0.6 is 0 Å². The van der Waals surface area contributed by atoms with Crippen molar-refractivity contribution in [3.8, 4) is 0 Å². The van der Waals surface area contributed by atoms with Crippen LogP contribution in [0.1, 0.15) is 20.8 Å². The number of aromatic carboxylic acids is 1. The third-order valence-electron chi connectivity index (χ3n) is 2.70. The molecule has 0 saturated heterocycles. The smallest absolute Gasteiger partial charge is 0.354 e. The number of amides is 1. The summed E-state index contributed by atoms with van der Waals surface area (Å²) in [6.07, 6.45) is 1.31. The first kappa shape index (κ1) is 16.1. The van der Waals surface area contributed by atoms with Crippen LogP contribution < -0.4 is 5.32 Å². The highest BCUT2D eigenvalue weighted by Gasteiger charge is 2.10. The fourth-order valence-corrected chi connectivity index (χ4v) is 1.51. The summed E-state index contributed by atoms with van der Waals surface area (Å²) in [7, 11) is 3.57. The Morgan fingerprint density at radius 1 is 1.45 bits per heavy atom. The zero-order valence-electron chi connectivity index (χ0n) is 11.6. The van der Waals surface area contributed by atoms with Gasteiger partial charge in [-0.3, -0.25) is 4.79 Å². The minimum atomic E-state index is -1.15. The Morgan fingerprint density at radius 3 is 2.85 bits per heavy atom. The van der Waals surface area contributed by atoms with E-state index in [1.807, 2.05) is 11.9 Å². The van der Waals surface area contributed by atoms with Gasteiger partial charge in [-0.05, 0) is 19.2 Å². The molecule has 1 amide bonds. The highest BCUT2D eigenvalue weighted by molar-refractivity contribution is 5.96. The molecule has 0 spiro atoms. The fraction of sp³-hybridized carbons (Fsp3) is 0.462. The lowest BCUT2D eigenvalue weighted by atomic mass is 10.2. The van der Waals surface area contributed by atoms with Crippen LogP contribution in [-0.4, -0.2) is 67.3 Å². The lowest BCUT2D eigenvalue weighted by molar-refractivity contribution is 0.0690. The van der Waals surface area contributed by atoms with Gasteiger partial charge in [0.2, 0.25) is 0 Å². The van der Waals surface area contributed by atoms with Crippen molar-refractivity contribution in [2.24, 2.45) is 0 Å². The lowest BCUT2D eigenvalue weighted by Crippen LogP contribution is -2.34. The van der Waals surface area contributed by atoms with Crippen LogP contribution in [-0.2, 0) is 4.74 Å². The van der Waals surface area contributed by atoms with Gasteiger partial charge in [-0.25, -0.2) is 9.78 Å². The van der Waals surface area contributed by atoms with E-state index in [4.69, 9.17) is 9.84 Å². The van der Waals surface area contributed by atoms with Crippen molar-refractivity contribution in [2.45, 2.75) is 0 Å². The first-order chi connectivity index (χ1) is 9.54. The Bertz CT molecular complexity index is 465. The predicted octanol–water partition coefficient (Wildman–Crippen LogP) is 0.0878. The molecule has 0 fully saturated rings. The molecular formula is C13H19N3O4. The molecule has 2 N–H and O–H groups in total. The van der Waals surface area contributed by atoms with Crippen LogP contribution in [0, 0.1) is 0 Å². The molecule has 0 aliphatic carbocycles.